The van der Waals surface area contributed by atoms with E-state index in [9.17, 15) is 4.79 Å². The highest BCUT2D eigenvalue weighted by Gasteiger charge is 2.13. The van der Waals surface area contributed by atoms with Gasteiger partial charge in [-0.3, -0.25) is 9.36 Å². The predicted molar refractivity (Wildman–Crippen MR) is 111 cm³/mol. The van der Waals surface area contributed by atoms with Crippen molar-refractivity contribution < 1.29 is 0 Å². The van der Waals surface area contributed by atoms with Crippen LogP contribution in [-0.4, -0.2) is 9.55 Å². The van der Waals surface area contributed by atoms with E-state index in [0.29, 0.717) is 10.5 Å². The summed E-state index contributed by atoms with van der Waals surface area (Å²) in [6.07, 6.45) is 0. The molecule has 26 heavy (non-hydrogen) atoms. The van der Waals surface area contributed by atoms with Gasteiger partial charge in [0.15, 0.2) is 5.16 Å². The van der Waals surface area contributed by atoms with Gasteiger partial charge < -0.3 is 0 Å². The molecule has 5 heteroatoms. The molecule has 3 nitrogen and oxygen atoms in total. The fourth-order valence-electron chi connectivity index (χ4n) is 2.79. The summed E-state index contributed by atoms with van der Waals surface area (Å²) < 4.78 is 2.74. The first-order valence-electron chi connectivity index (χ1n) is 8.17. The summed E-state index contributed by atoms with van der Waals surface area (Å²) in [5, 5.41) is 1.32. The Morgan fingerprint density at radius 1 is 0.923 bits per heavy atom. The minimum atomic E-state index is -0.0430. The molecule has 1 heterocycles. The molecular weight excluding hydrogens is 408 g/mol. The third-order valence-corrected chi connectivity index (χ3v) is 5.52. The van der Waals surface area contributed by atoms with Crippen LogP contribution in [0.5, 0.6) is 0 Å². The molecule has 0 saturated carbocycles. The molecule has 0 radical (unpaired) electrons. The molecule has 0 bridgehead atoms. The van der Waals surface area contributed by atoms with Crippen molar-refractivity contribution in [3.05, 3.63) is 99.3 Å². The fourth-order valence-corrected chi connectivity index (χ4v) is 4.19. The maximum atomic E-state index is 13.1. The lowest BCUT2D eigenvalue weighted by Gasteiger charge is -2.13. The molecule has 0 unspecified atom stereocenters. The Hall–Kier alpha value is -2.37. The number of aromatic nitrogens is 2. The standard InChI is InChI=1S/C21H15BrN2OS/c22-16-8-6-7-15(13-16)14-26-21-23-19-12-5-4-11-18(19)20(25)24(21)17-9-2-1-3-10-17/h1-13H,14H2. The van der Waals surface area contributed by atoms with E-state index in [1.54, 1.807) is 16.3 Å². The van der Waals surface area contributed by atoms with Crippen molar-refractivity contribution in [2.24, 2.45) is 0 Å². The largest absolute Gasteiger partial charge is 0.268 e. The SMILES string of the molecule is O=c1c2ccccc2nc(SCc2cccc(Br)c2)n1-c1ccccc1. The third-order valence-electron chi connectivity index (χ3n) is 4.02. The average molecular weight is 423 g/mol. The van der Waals surface area contributed by atoms with E-state index in [1.165, 1.54) is 5.56 Å². The van der Waals surface area contributed by atoms with Gasteiger partial charge in [-0.1, -0.05) is 70.2 Å². The Morgan fingerprint density at radius 3 is 2.50 bits per heavy atom. The number of para-hydroxylation sites is 2. The molecule has 0 aliphatic carbocycles. The van der Waals surface area contributed by atoms with Gasteiger partial charge in [0.2, 0.25) is 0 Å². The van der Waals surface area contributed by atoms with Crippen molar-refractivity contribution in [3.63, 3.8) is 0 Å². The van der Waals surface area contributed by atoms with Gasteiger partial charge >= 0.3 is 0 Å². The quantitative estimate of drug-likeness (QED) is 0.324. The summed E-state index contributed by atoms with van der Waals surface area (Å²) in [6.45, 7) is 0. The number of rotatable bonds is 4. The number of nitrogens with zero attached hydrogens (tertiary/aromatic N) is 2. The minimum absolute atomic E-state index is 0.0430. The molecule has 0 aliphatic rings. The smallest absolute Gasteiger partial charge is 0.266 e. The lowest BCUT2D eigenvalue weighted by molar-refractivity contribution is 0.819. The molecule has 1 aromatic heterocycles. The highest BCUT2D eigenvalue weighted by atomic mass is 79.9. The van der Waals surface area contributed by atoms with Crippen molar-refractivity contribution in [1.82, 2.24) is 9.55 Å². The zero-order valence-electron chi connectivity index (χ0n) is 13.8. The van der Waals surface area contributed by atoms with Crippen LogP contribution in [-0.2, 0) is 5.75 Å². The highest BCUT2D eigenvalue weighted by Crippen LogP contribution is 2.25. The van der Waals surface area contributed by atoms with Crippen LogP contribution in [0.1, 0.15) is 5.56 Å². The first kappa shape index (κ1) is 17.1. The van der Waals surface area contributed by atoms with Crippen molar-refractivity contribution in [1.29, 1.82) is 0 Å². The van der Waals surface area contributed by atoms with E-state index in [1.807, 2.05) is 66.7 Å². The average Bonchev–Trinajstić information content (AvgIpc) is 2.67. The summed E-state index contributed by atoms with van der Waals surface area (Å²) in [4.78, 5) is 17.9. The zero-order chi connectivity index (χ0) is 17.9. The minimum Gasteiger partial charge on any atom is -0.268 e. The summed E-state index contributed by atoms with van der Waals surface area (Å²) in [6, 6.07) is 25.3. The van der Waals surface area contributed by atoms with Crippen LogP contribution >= 0.6 is 27.7 Å². The van der Waals surface area contributed by atoms with Crippen LogP contribution < -0.4 is 5.56 Å². The molecule has 0 amide bonds. The van der Waals surface area contributed by atoms with Gasteiger partial charge in [-0.15, -0.1) is 0 Å². The van der Waals surface area contributed by atoms with E-state index in [0.717, 1.165) is 21.4 Å². The summed E-state index contributed by atoms with van der Waals surface area (Å²) >= 11 is 5.07. The number of fused-ring (bicyclic) bond motifs is 1. The van der Waals surface area contributed by atoms with E-state index in [4.69, 9.17) is 4.98 Å². The number of benzene rings is 3. The maximum absolute atomic E-state index is 13.1. The Kier molecular flexibility index (Phi) is 4.91. The highest BCUT2D eigenvalue weighted by molar-refractivity contribution is 9.10. The summed E-state index contributed by atoms with van der Waals surface area (Å²) in [5.74, 6) is 0.733. The monoisotopic (exact) mass is 422 g/mol. The van der Waals surface area contributed by atoms with Crippen molar-refractivity contribution in [2.45, 2.75) is 10.9 Å². The Balaban J connectivity index is 1.83. The van der Waals surface area contributed by atoms with Gasteiger partial charge in [0.05, 0.1) is 16.6 Å². The molecule has 3 aromatic carbocycles. The summed E-state index contributed by atoms with van der Waals surface area (Å²) in [7, 11) is 0. The molecule has 4 rings (SSSR count). The number of thioether (sulfide) groups is 1. The van der Waals surface area contributed by atoms with Crippen molar-refractivity contribution in [3.8, 4) is 5.69 Å². The molecule has 0 atom stereocenters. The third kappa shape index (κ3) is 3.45. The van der Waals surface area contributed by atoms with Crippen LogP contribution in [0.4, 0.5) is 0 Å². The second-order valence-electron chi connectivity index (χ2n) is 5.81. The Labute approximate surface area is 163 Å². The Bertz CT molecular complexity index is 1130. The zero-order valence-corrected chi connectivity index (χ0v) is 16.2. The number of hydrogen-bond acceptors (Lipinski definition) is 3. The summed E-state index contributed by atoms with van der Waals surface area (Å²) in [5.41, 5.74) is 2.68. The topological polar surface area (TPSA) is 34.9 Å². The first-order valence-corrected chi connectivity index (χ1v) is 9.95. The van der Waals surface area contributed by atoms with Crippen LogP contribution in [0.2, 0.25) is 0 Å². The van der Waals surface area contributed by atoms with Crippen LogP contribution in [0.3, 0.4) is 0 Å². The Morgan fingerprint density at radius 2 is 1.69 bits per heavy atom. The van der Waals surface area contributed by atoms with Crippen LogP contribution in [0.25, 0.3) is 16.6 Å². The van der Waals surface area contributed by atoms with Crippen molar-refractivity contribution >= 4 is 38.6 Å². The maximum Gasteiger partial charge on any atom is 0.266 e. The van der Waals surface area contributed by atoms with Gasteiger partial charge in [0.25, 0.3) is 5.56 Å². The fraction of sp³-hybridized carbons (Fsp3) is 0.0476. The molecule has 4 aromatic rings. The first-order chi connectivity index (χ1) is 12.7. The molecule has 128 valence electrons. The number of hydrogen-bond donors (Lipinski definition) is 0. The van der Waals surface area contributed by atoms with Gasteiger partial charge in [-0.25, -0.2) is 4.98 Å². The predicted octanol–water partition coefficient (Wildman–Crippen LogP) is 5.44. The second-order valence-corrected chi connectivity index (χ2v) is 7.66. The van der Waals surface area contributed by atoms with E-state index in [2.05, 4.69) is 28.1 Å². The molecular formula is C21H15BrN2OS. The lowest BCUT2D eigenvalue weighted by Crippen LogP contribution is -2.21. The second kappa shape index (κ2) is 7.48. The lowest BCUT2D eigenvalue weighted by atomic mass is 10.2. The molecule has 0 spiro atoms. The number of halogens is 1. The molecule has 0 N–H and O–H groups in total. The van der Waals surface area contributed by atoms with E-state index < -0.39 is 0 Å². The van der Waals surface area contributed by atoms with Gasteiger partial charge in [-0.2, -0.15) is 0 Å². The van der Waals surface area contributed by atoms with Crippen molar-refractivity contribution in [2.75, 3.05) is 0 Å². The van der Waals surface area contributed by atoms with Crippen LogP contribution in [0, 0.1) is 0 Å². The normalized spacial score (nSPS) is 11.0. The van der Waals surface area contributed by atoms with Crippen LogP contribution in [0.15, 0.2) is 93.3 Å². The van der Waals surface area contributed by atoms with Gasteiger partial charge in [0.1, 0.15) is 0 Å². The van der Waals surface area contributed by atoms with Gasteiger partial charge in [0, 0.05) is 10.2 Å². The molecule has 0 aliphatic heterocycles. The van der Waals surface area contributed by atoms with Gasteiger partial charge in [-0.05, 0) is 42.0 Å². The molecule has 0 fully saturated rings. The van der Waals surface area contributed by atoms with E-state index in [-0.39, 0.29) is 5.56 Å². The molecule has 0 saturated heterocycles. The van der Waals surface area contributed by atoms with E-state index >= 15 is 0 Å².